The molecule has 0 heterocycles. The number of allylic oxidation sites excluding steroid dienone is 4. The van der Waals surface area contributed by atoms with Crippen molar-refractivity contribution in [1.82, 2.24) is 5.32 Å². The first-order valence-corrected chi connectivity index (χ1v) is 12.0. The molecule has 158 valence electrons. The van der Waals surface area contributed by atoms with E-state index in [1.165, 1.54) is 37.7 Å². The summed E-state index contributed by atoms with van der Waals surface area (Å²) in [5.74, 6) is 0.553. The van der Waals surface area contributed by atoms with Crippen LogP contribution in [0, 0.1) is 5.92 Å². The van der Waals surface area contributed by atoms with Gasteiger partial charge in [0.15, 0.2) is 0 Å². The Balaban J connectivity index is 1.60. The summed E-state index contributed by atoms with van der Waals surface area (Å²) >= 11 is 0. The van der Waals surface area contributed by atoms with Crippen LogP contribution in [0.15, 0.2) is 47.7 Å². The van der Waals surface area contributed by atoms with Gasteiger partial charge >= 0.3 is 0 Å². The van der Waals surface area contributed by atoms with Gasteiger partial charge in [-0.25, -0.2) is 8.42 Å². The summed E-state index contributed by atoms with van der Waals surface area (Å²) in [5.41, 5.74) is 3.42. The molecule has 5 nitrogen and oxygen atoms in total. The molecule has 0 saturated heterocycles. The third-order valence-electron chi connectivity index (χ3n) is 5.79. The summed E-state index contributed by atoms with van der Waals surface area (Å²) < 4.78 is 26.1. The van der Waals surface area contributed by atoms with E-state index in [0.717, 1.165) is 24.5 Å². The maximum absolute atomic E-state index is 12.5. The van der Waals surface area contributed by atoms with Crippen molar-refractivity contribution in [1.29, 1.82) is 0 Å². The molecule has 1 saturated carbocycles. The Morgan fingerprint density at radius 3 is 2.17 bits per heavy atom. The number of hydrogen-bond acceptors (Lipinski definition) is 3. The number of benzene rings is 1. The highest BCUT2D eigenvalue weighted by molar-refractivity contribution is 7.94. The fourth-order valence-corrected chi connectivity index (χ4v) is 4.54. The Bertz CT molecular complexity index is 900. The van der Waals surface area contributed by atoms with Gasteiger partial charge < -0.3 is 5.32 Å². The first-order valence-electron chi connectivity index (χ1n) is 10.5. The Morgan fingerprint density at radius 1 is 0.966 bits per heavy atom. The van der Waals surface area contributed by atoms with Crippen LogP contribution in [0.1, 0.15) is 76.1 Å². The molecule has 0 unspecified atom stereocenters. The van der Waals surface area contributed by atoms with Gasteiger partial charge in [0.25, 0.3) is 5.91 Å². The first kappa shape index (κ1) is 21.6. The first-order chi connectivity index (χ1) is 13.7. The predicted molar refractivity (Wildman–Crippen MR) is 118 cm³/mol. The zero-order valence-electron chi connectivity index (χ0n) is 17.6. The van der Waals surface area contributed by atoms with Crippen LogP contribution in [0.4, 0.5) is 5.69 Å². The highest BCUT2D eigenvalue weighted by Gasteiger charge is 2.28. The molecule has 1 amide bonds. The van der Waals surface area contributed by atoms with Gasteiger partial charge in [-0.1, -0.05) is 30.9 Å². The molecule has 1 aromatic rings. The van der Waals surface area contributed by atoms with Crippen LogP contribution in [0.2, 0.25) is 0 Å². The predicted octanol–water partition coefficient (Wildman–Crippen LogP) is 5.14. The van der Waals surface area contributed by atoms with E-state index in [9.17, 15) is 13.2 Å². The van der Waals surface area contributed by atoms with E-state index < -0.39 is 14.8 Å². The lowest BCUT2D eigenvalue weighted by Gasteiger charge is -2.26. The van der Waals surface area contributed by atoms with Gasteiger partial charge in [-0.2, -0.15) is 0 Å². The van der Waals surface area contributed by atoms with Gasteiger partial charge in [-0.05, 0) is 82.7 Å². The Morgan fingerprint density at radius 2 is 1.62 bits per heavy atom. The normalized spacial score (nSPS) is 18.6. The molecule has 1 aromatic carbocycles. The molecule has 0 atom stereocenters. The number of sulfonamides is 1. The van der Waals surface area contributed by atoms with Crippen molar-refractivity contribution >= 4 is 21.6 Å². The smallest absolute Gasteiger partial charge is 0.255 e. The second-order valence-corrected chi connectivity index (χ2v) is 11.5. The topological polar surface area (TPSA) is 75.3 Å². The SMILES string of the molecule is CC(C)(C)S(=O)(=O)Nc1ccc(C(=O)NC2=CC=C(C3CCCCC3)CC2)cc1. The van der Waals surface area contributed by atoms with Crippen LogP contribution in [0.25, 0.3) is 0 Å². The Labute approximate surface area is 174 Å². The molecule has 2 N–H and O–H groups in total. The molecule has 3 rings (SSSR count). The van der Waals surface area contributed by atoms with E-state index in [0.29, 0.717) is 11.3 Å². The van der Waals surface area contributed by atoms with Crippen molar-refractivity contribution < 1.29 is 13.2 Å². The second kappa shape index (κ2) is 8.74. The lowest BCUT2D eigenvalue weighted by atomic mass is 9.80. The fourth-order valence-electron chi connectivity index (χ4n) is 3.79. The van der Waals surface area contributed by atoms with E-state index in [2.05, 4.69) is 16.1 Å². The molecule has 29 heavy (non-hydrogen) atoms. The Kier molecular flexibility index (Phi) is 6.52. The summed E-state index contributed by atoms with van der Waals surface area (Å²) in [4.78, 5) is 12.5. The van der Waals surface area contributed by atoms with Gasteiger partial charge in [0.1, 0.15) is 0 Å². The summed E-state index contributed by atoms with van der Waals surface area (Å²) in [6.45, 7) is 4.93. The molecule has 2 aliphatic carbocycles. The minimum absolute atomic E-state index is 0.170. The molecule has 1 fully saturated rings. The van der Waals surface area contributed by atoms with Crippen LogP contribution >= 0.6 is 0 Å². The number of carbonyl (C=O) groups is 1. The highest BCUT2D eigenvalue weighted by Crippen LogP contribution is 2.34. The molecular formula is C23H32N2O3S. The molecular weight excluding hydrogens is 384 g/mol. The van der Waals surface area contributed by atoms with Crippen LogP contribution < -0.4 is 10.0 Å². The van der Waals surface area contributed by atoms with Gasteiger partial charge in [0, 0.05) is 16.9 Å². The van der Waals surface area contributed by atoms with Crippen LogP contribution in [-0.4, -0.2) is 19.1 Å². The lowest BCUT2D eigenvalue weighted by molar-refractivity contribution is 0.0964. The lowest BCUT2D eigenvalue weighted by Crippen LogP contribution is -2.33. The van der Waals surface area contributed by atoms with Crippen molar-refractivity contribution in [2.24, 2.45) is 5.92 Å². The monoisotopic (exact) mass is 416 g/mol. The third kappa shape index (κ3) is 5.50. The van der Waals surface area contributed by atoms with Crippen molar-refractivity contribution in [2.75, 3.05) is 4.72 Å². The number of rotatable bonds is 5. The van der Waals surface area contributed by atoms with E-state index in [-0.39, 0.29) is 5.91 Å². The van der Waals surface area contributed by atoms with Crippen molar-refractivity contribution in [2.45, 2.75) is 70.5 Å². The van der Waals surface area contributed by atoms with Crippen LogP contribution in [0.5, 0.6) is 0 Å². The molecule has 2 aliphatic rings. The largest absolute Gasteiger partial charge is 0.326 e. The second-order valence-electron chi connectivity index (χ2n) is 9.02. The molecule has 6 heteroatoms. The zero-order valence-corrected chi connectivity index (χ0v) is 18.4. The molecule has 0 radical (unpaired) electrons. The summed E-state index contributed by atoms with van der Waals surface area (Å²) in [5, 5.41) is 2.99. The molecule has 0 aliphatic heterocycles. The number of nitrogens with one attached hydrogen (secondary N) is 2. The van der Waals surface area contributed by atoms with E-state index >= 15 is 0 Å². The highest BCUT2D eigenvalue weighted by atomic mass is 32.2. The number of hydrogen-bond donors (Lipinski definition) is 2. The minimum atomic E-state index is -3.49. The van der Waals surface area contributed by atoms with Crippen LogP contribution in [-0.2, 0) is 10.0 Å². The average molecular weight is 417 g/mol. The number of anilines is 1. The zero-order chi connectivity index (χ0) is 21.1. The third-order valence-corrected chi connectivity index (χ3v) is 7.91. The average Bonchev–Trinajstić information content (AvgIpc) is 2.68. The molecule has 0 bridgehead atoms. The summed E-state index contributed by atoms with van der Waals surface area (Å²) in [7, 11) is -3.49. The van der Waals surface area contributed by atoms with Crippen molar-refractivity contribution in [3.63, 3.8) is 0 Å². The number of carbonyl (C=O) groups excluding carboxylic acids is 1. The molecule has 0 spiro atoms. The van der Waals surface area contributed by atoms with Gasteiger partial charge in [-0.3, -0.25) is 9.52 Å². The number of amides is 1. The van der Waals surface area contributed by atoms with E-state index in [1.807, 2.05) is 6.08 Å². The van der Waals surface area contributed by atoms with Gasteiger partial charge in [-0.15, -0.1) is 0 Å². The summed E-state index contributed by atoms with van der Waals surface area (Å²) in [6, 6.07) is 6.52. The van der Waals surface area contributed by atoms with Crippen molar-refractivity contribution in [3.05, 3.63) is 53.3 Å². The molecule has 0 aromatic heterocycles. The standard InChI is InChI=1S/C23H32N2O3S/c1-23(2,3)29(27,28)25-21-15-11-19(12-16-21)22(26)24-20-13-9-18(10-14-20)17-7-5-4-6-8-17/h9,11-13,15-17,25H,4-8,10,14H2,1-3H3,(H,24,26). The minimum Gasteiger partial charge on any atom is -0.326 e. The van der Waals surface area contributed by atoms with Crippen molar-refractivity contribution in [3.8, 4) is 0 Å². The van der Waals surface area contributed by atoms with E-state index in [4.69, 9.17) is 0 Å². The quantitative estimate of drug-likeness (QED) is 0.698. The Hall–Kier alpha value is -2.08. The summed E-state index contributed by atoms with van der Waals surface area (Å²) in [6.07, 6.45) is 12.7. The fraction of sp³-hybridized carbons (Fsp3) is 0.522. The van der Waals surface area contributed by atoms with Gasteiger partial charge in [0.2, 0.25) is 10.0 Å². The van der Waals surface area contributed by atoms with Gasteiger partial charge in [0.05, 0.1) is 4.75 Å². The maximum atomic E-state index is 12.5. The van der Waals surface area contributed by atoms with Crippen LogP contribution in [0.3, 0.4) is 0 Å². The van der Waals surface area contributed by atoms with E-state index in [1.54, 1.807) is 45.0 Å². The maximum Gasteiger partial charge on any atom is 0.255 e.